The highest BCUT2D eigenvalue weighted by Crippen LogP contribution is 2.14. The van der Waals surface area contributed by atoms with Crippen LogP contribution >= 0.6 is 0 Å². The van der Waals surface area contributed by atoms with Gasteiger partial charge in [0.2, 0.25) is 5.89 Å². The predicted octanol–water partition coefficient (Wildman–Crippen LogP) is 0.692. The molecule has 2 heterocycles. The van der Waals surface area contributed by atoms with Crippen LogP contribution in [0, 0.1) is 0 Å². The van der Waals surface area contributed by atoms with Crippen molar-refractivity contribution in [3.63, 3.8) is 0 Å². The summed E-state index contributed by atoms with van der Waals surface area (Å²) in [6.45, 7) is 0. The highest BCUT2D eigenvalue weighted by molar-refractivity contribution is 5.70. The lowest BCUT2D eigenvalue weighted by Crippen LogP contribution is -1.99. The molecule has 0 spiro atoms. The van der Waals surface area contributed by atoms with E-state index in [9.17, 15) is 4.79 Å². The zero-order valence-electron chi connectivity index (χ0n) is 7.10. The molecule has 6 nitrogen and oxygen atoms in total. The van der Waals surface area contributed by atoms with Gasteiger partial charge in [-0.25, -0.2) is 4.98 Å². The fraction of sp³-hybridized carbons (Fsp3) is 0.125. The van der Waals surface area contributed by atoms with Crippen LogP contribution in [0.4, 0.5) is 0 Å². The summed E-state index contributed by atoms with van der Waals surface area (Å²) in [5, 5.41) is 15.0. The summed E-state index contributed by atoms with van der Waals surface area (Å²) in [4.78, 5) is 14.3. The first-order valence-corrected chi connectivity index (χ1v) is 3.91. The summed E-state index contributed by atoms with van der Waals surface area (Å²) in [5.74, 6) is -0.537. The van der Waals surface area contributed by atoms with Gasteiger partial charge in [-0.1, -0.05) is 0 Å². The second kappa shape index (κ2) is 3.33. The summed E-state index contributed by atoms with van der Waals surface area (Å²) in [6, 6.07) is 1.60. The number of carbonyl (C=O) groups is 1. The van der Waals surface area contributed by atoms with E-state index in [2.05, 4.69) is 15.2 Å². The molecule has 0 amide bonds. The number of aromatic nitrogens is 3. The third-order valence-electron chi connectivity index (χ3n) is 1.62. The van der Waals surface area contributed by atoms with E-state index in [-0.39, 0.29) is 6.42 Å². The summed E-state index contributed by atoms with van der Waals surface area (Å²) in [6.07, 6.45) is 2.84. The number of nitrogens with one attached hydrogen (secondary N) is 1. The van der Waals surface area contributed by atoms with Crippen LogP contribution in [0.1, 0.15) is 5.69 Å². The fourth-order valence-corrected chi connectivity index (χ4v) is 1.07. The van der Waals surface area contributed by atoms with Crippen LogP contribution < -0.4 is 0 Å². The average Bonchev–Trinajstić information content (AvgIpc) is 2.69. The van der Waals surface area contributed by atoms with Gasteiger partial charge in [0.25, 0.3) is 0 Å². The van der Waals surface area contributed by atoms with Gasteiger partial charge in [-0.15, -0.1) is 0 Å². The van der Waals surface area contributed by atoms with Gasteiger partial charge in [-0.05, 0) is 6.07 Å². The van der Waals surface area contributed by atoms with Crippen LogP contribution in [0.2, 0.25) is 0 Å². The van der Waals surface area contributed by atoms with E-state index >= 15 is 0 Å². The molecular weight excluding hydrogens is 186 g/mol. The molecule has 2 rings (SSSR count). The van der Waals surface area contributed by atoms with Gasteiger partial charge in [-0.3, -0.25) is 9.89 Å². The van der Waals surface area contributed by atoms with Crippen molar-refractivity contribution in [3.8, 4) is 11.6 Å². The van der Waals surface area contributed by atoms with E-state index < -0.39 is 5.97 Å². The van der Waals surface area contributed by atoms with Gasteiger partial charge in [0.1, 0.15) is 12.0 Å². The second-order valence-corrected chi connectivity index (χ2v) is 2.69. The largest absolute Gasteiger partial charge is 0.481 e. The normalized spacial score (nSPS) is 10.3. The van der Waals surface area contributed by atoms with E-state index in [1.807, 2.05) is 0 Å². The highest BCUT2D eigenvalue weighted by Gasteiger charge is 2.09. The number of hydrogen-bond donors (Lipinski definition) is 2. The molecule has 0 fully saturated rings. The van der Waals surface area contributed by atoms with Crippen LogP contribution in [0.5, 0.6) is 0 Å². The molecule has 6 heteroatoms. The van der Waals surface area contributed by atoms with E-state index in [4.69, 9.17) is 9.52 Å². The molecule has 0 unspecified atom stereocenters. The standard InChI is InChI=1S/C8H7N3O3/c12-7(13)4-5-3-6(11-10-5)8-9-1-2-14-8/h1-3H,4H2,(H,10,11)(H,12,13). The number of nitrogens with zero attached hydrogens (tertiary/aromatic N) is 2. The first-order valence-electron chi connectivity index (χ1n) is 3.91. The molecular formula is C8H7N3O3. The average molecular weight is 193 g/mol. The van der Waals surface area contributed by atoms with Crippen LogP contribution in [-0.2, 0) is 11.2 Å². The van der Waals surface area contributed by atoms with E-state index in [0.717, 1.165) is 0 Å². The Morgan fingerprint density at radius 1 is 1.64 bits per heavy atom. The highest BCUT2D eigenvalue weighted by atomic mass is 16.4. The number of H-pyrrole nitrogens is 1. The molecule has 0 aliphatic heterocycles. The topological polar surface area (TPSA) is 92.0 Å². The lowest BCUT2D eigenvalue weighted by atomic mass is 10.3. The molecule has 0 aliphatic carbocycles. The number of carboxylic acids is 1. The quantitative estimate of drug-likeness (QED) is 0.748. The Kier molecular flexibility index (Phi) is 2.02. The molecule has 72 valence electrons. The van der Waals surface area contributed by atoms with Crippen molar-refractivity contribution in [3.05, 3.63) is 24.2 Å². The van der Waals surface area contributed by atoms with E-state index in [1.165, 1.54) is 12.5 Å². The van der Waals surface area contributed by atoms with Gasteiger partial charge >= 0.3 is 5.97 Å². The van der Waals surface area contributed by atoms with Crippen LogP contribution in [0.25, 0.3) is 11.6 Å². The maximum Gasteiger partial charge on any atom is 0.309 e. The van der Waals surface area contributed by atoms with Crippen LogP contribution in [-0.4, -0.2) is 26.3 Å². The van der Waals surface area contributed by atoms with Crippen molar-refractivity contribution in [2.75, 3.05) is 0 Å². The molecule has 0 saturated carbocycles. The van der Waals surface area contributed by atoms with Crippen LogP contribution in [0.3, 0.4) is 0 Å². The lowest BCUT2D eigenvalue weighted by molar-refractivity contribution is -0.136. The second-order valence-electron chi connectivity index (χ2n) is 2.69. The van der Waals surface area contributed by atoms with Gasteiger partial charge in [0.05, 0.1) is 12.6 Å². The number of aromatic amines is 1. The monoisotopic (exact) mass is 193 g/mol. The van der Waals surface area contributed by atoms with Crippen molar-refractivity contribution in [2.45, 2.75) is 6.42 Å². The molecule has 0 radical (unpaired) electrons. The summed E-state index contributed by atoms with van der Waals surface area (Å²) >= 11 is 0. The molecule has 14 heavy (non-hydrogen) atoms. The van der Waals surface area contributed by atoms with Crippen molar-refractivity contribution < 1.29 is 14.3 Å². The zero-order valence-corrected chi connectivity index (χ0v) is 7.10. The van der Waals surface area contributed by atoms with Crippen molar-refractivity contribution in [1.29, 1.82) is 0 Å². The molecule has 0 bridgehead atoms. The minimum Gasteiger partial charge on any atom is -0.481 e. The molecule has 0 atom stereocenters. The Bertz CT molecular complexity index is 432. The Morgan fingerprint density at radius 2 is 2.50 bits per heavy atom. The molecule has 2 aromatic rings. The van der Waals surface area contributed by atoms with Gasteiger partial charge in [-0.2, -0.15) is 5.10 Å². The van der Waals surface area contributed by atoms with E-state index in [1.54, 1.807) is 6.07 Å². The predicted molar refractivity (Wildman–Crippen MR) is 45.4 cm³/mol. The van der Waals surface area contributed by atoms with Gasteiger partial charge < -0.3 is 9.52 Å². The Balaban J connectivity index is 2.22. The first-order chi connectivity index (χ1) is 6.75. The number of rotatable bonds is 3. The Morgan fingerprint density at radius 3 is 3.14 bits per heavy atom. The summed E-state index contributed by atoms with van der Waals surface area (Å²) < 4.78 is 5.00. The minimum atomic E-state index is -0.910. The number of oxazole rings is 1. The van der Waals surface area contributed by atoms with Crippen molar-refractivity contribution >= 4 is 5.97 Å². The Hall–Kier alpha value is -2.11. The SMILES string of the molecule is O=C(O)Cc1cc(-c2ncco2)n[nH]1. The van der Waals surface area contributed by atoms with Crippen molar-refractivity contribution in [2.24, 2.45) is 0 Å². The minimum absolute atomic E-state index is 0.0896. The van der Waals surface area contributed by atoms with E-state index in [0.29, 0.717) is 17.3 Å². The fourth-order valence-electron chi connectivity index (χ4n) is 1.07. The summed E-state index contributed by atoms with van der Waals surface area (Å²) in [5.41, 5.74) is 1.02. The smallest absolute Gasteiger partial charge is 0.309 e. The molecule has 0 aromatic carbocycles. The zero-order chi connectivity index (χ0) is 9.97. The third kappa shape index (κ3) is 1.63. The lowest BCUT2D eigenvalue weighted by Gasteiger charge is -1.86. The number of aliphatic carboxylic acids is 1. The molecule has 0 aliphatic rings. The molecule has 2 aromatic heterocycles. The number of hydrogen-bond acceptors (Lipinski definition) is 4. The molecule has 0 saturated heterocycles. The van der Waals surface area contributed by atoms with Crippen LogP contribution in [0.15, 0.2) is 22.9 Å². The maximum absolute atomic E-state index is 10.4. The number of carboxylic acid groups (broad SMARTS) is 1. The Labute approximate surface area is 78.6 Å². The van der Waals surface area contributed by atoms with Gasteiger partial charge in [0, 0.05) is 5.69 Å². The summed E-state index contributed by atoms with van der Waals surface area (Å²) in [7, 11) is 0. The third-order valence-corrected chi connectivity index (χ3v) is 1.62. The first kappa shape index (κ1) is 8.49. The van der Waals surface area contributed by atoms with Gasteiger partial charge in [0.15, 0.2) is 0 Å². The van der Waals surface area contributed by atoms with Crippen molar-refractivity contribution in [1.82, 2.24) is 15.2 Å². The maximum atomic E-state index is 10.4. The molecule has 2 N–H and O–H groups in total.